The minimum absolute atomic E-state index is 0.463. The summed E-state index contributed by atoms with van der Waals surface area (Å²) in [6, 6.07) is 17.8. The lowest BCUT2D eigenvalue weighted by molar-refractivity contribution is 0.217. The van der Waals surface area contributed by atoms with Crippen LogP contribution in [0.15, 0.2) is 71.1 Å². The van der Waals surface area contributed by atoms with Crippen LogP contribution < -0.4 is 0 Å². The average molecular weight is 523 g/mol. The Morgan fingerprint density at radius 3 is 2.06 bits per heavy atom. The molecule has 4 heterocycles. The molecule has 0 amide bonds. The molecule has 5 heteroatoms. The molecule has 1 aliphatic carbocycles. The van der Waals surface area contributed by atoms with E-state index in [0.29, 0.717) is 5.92 Å². The van der Waals surface area contributed by atoms with Crippen molar-refractivity contribution in [2.75, 3.05) is 6.61 Å². The zero-order chi connectivity index (χ0) is 23.3. The van der Waals surface area contributed by atoms with Crippen molar-refractivity contribution in [3.8, 4) is 19.5 Å². The Morgan fingerprint density at radius 2 is 1.41 bits per heavy atom. The normalized spacial score (nSPS) is 16.2. The van der Waals surface area contributed by atoms with Crippen LogP contribution in [0.25, 0.3) is 30.7 Å². The fourth-order valence-electron chi connectivity index (χ4n) is 4.36. The zero-order valence-corrected chi connectivity index (χ0v) is 23.0. The highest BCUT2D eigenvalue weighted by atomic mass is 32.1. The molecular formula is C29H30OS4. The van der Waals surface area contributed by atoms with Gasteiger partial charge in [-0.1, -0.05) is 45.2 Å². The largest absolute Gasteiger partial charge is 0.493 e. The summed E-state index contributed by atoms with van der Waals surface area (Å²) in [5.41, 5.74) is 2.78. The van der Waals surface area contributed by atoms with Crippen LogP contribution in [0.1, 0.15) is 55.7 Å². The maximum absolute atomic E-state index is 6.49. The molecule has 0 saturated heterocycles. The van der Waals surface area contributed by atoms with Gasteiger partial charge in [-0.3, -0.25) is 0 Å². The van der Waals surface area contributed by atoms with E-state index in [1.807, 2.05) is 45.3 Å². The quantitative estimate of drug-likeness (QED) is 0.188. The molecular weight excluding hydrogens is 493 g/mol. The third kappa shape index (κ3) is 5.33. The first-order valence-electron chi connectivity index (χ1n) is 12.1. The van der Waals surface area contributed by atoms with Crippen molar-refractivity contribution in [2.24, 2.45) is 5.92 Å². The second-order valence-corrected chi connectivity index (χ2v) is 12.8. The molecule has 1 unspecified atom stereocenters. The molecule has 0 radical (unpaired) electrons. The lowest BCUT2D eigenvalue weighted by Crippen LogP contribution is -2.09. The van der Waals surface area contributed by atoms with Crippen LogP contribution in [-0.2, 0) is 4.74 Å². The first-order chi connectivity index (χ1) is 16.7. The van der Waals surface area contributed by atoms with Crippen molar-refractivity contribution in [1.82, 2.24) is 0 Å². The topological polar surface area (TPSA) is 9.23 Å². The van der Waals surface area contributed by atoms with E-state index in [1.165, 1.54) is 59.7 Å². The van der Waals surface area contributed by atoms with Gasteiger partial charge in [-0.25, -0.2) is 0 Å². The number of unbranched alkanes of at least 4 members (excludes halogenated alkanes) is 3. The molecule has 4 aromatic rings. The van der Waals surface area contributed by atoms with Gasteiger partial charge in [-0.15, -0.1) is 45.3 Å². The predicted molar refractivity (Wildman–Crippen MR) is 154 cm³/mol. The summed E-state index contributed by atoms with van der Waals surface area (Å²) in [7, 11) is 0. The van der Waals surface area contributed by atoms with E-state index in [-0.39, 0.29) is 0 Å². The Hall–Kier alpha value is -1.92. The van der Waals surface area contributed by atoms with Gasteiger partial charge in [0.1, 0.15) is 5.76 Å². The van der Waals surface area contributed by atoms with Crippen LogP contribution in [0.3, 0.4) is 0 Å². The highest BCUT2D eigenvalue weighted by molar-refractivity contribution is 7.22. The van der Waals surface area contributed by atoms with Crippen molar-refractivity contribution in [3.63, 3.8) is 0 Å². The Morgan fingerprint density at radius 1 is 0.765 bits per heavy atom. The van der Waals surface area contributed by atoms with E-state index >= 15 is 0 Å². The van der Waals surface area contributed by atoms with Crippen LogP contribution in [0.5, 0.6) is 0 Å². The minimum atomic E-state index is 0.463. The summed E-state index contributed by atoms with van der Waals surface area (Å²) < 4.78 is 6.49. The number of hydrogen-bond donors (Lipinski definition) is 0. The molecule has 0 fully saturated rings. The molecule has 4 aromatic heterocycles. The summed E-state index contributed by atoms with van der Waals surface area (Å²) in [5, 5.41) is 4.31. The molecule has 0 N–H and O–H groups in total. The van der Waals surface area contributed by atoms with E-state index in [2.05, 4.69) is 79.2 Å². The molecule has 1 aliphatic rings. The number of hydrogen-bond acceptors (Lipinski definition) is 5. The molecule has 5 rings (SSSR count). The number of allylic oxidation sites excluding steroid dienone is 3. The van der Waals surface area contributed by atoms with Gasteiger partial charge in [-0.2, -0.15) is 0 Å². The number of thiophene rings is 4. The van der Waals surface area contributed by atoms with Gasteiger partial charge < -0.3 is 4.74 Å². The molecule has 0 aliphatic heterocycles. The fraction of sp³-hybridized carbons (Fsp3) is 0.310. The third-order valence-corrected chi connectivity index (χ3v) is 10.6. The van der Waals surface area contributed by atoms with Crippen molar-refractivity contribution < 1.29 is 4.74 Å². The summed E-state index contributed by atoms with van der Waals surface area (Å²) in [4.78, 5) is 8.11. The second-order valence-electron chi connectivity index (χ2n) is 8.74. The molecule has 0 bridgehead atoms. The Kier molecular flexibility index (Phi) is 7.85. The van der Waals surface area contributed by atoms with Gasteiger partial charge >= 0.3 is 0 Å². The van der Waals surface area contributed by atoms with E-state index in [0.717, 1.165) is 25.2 Å². The van der Waals surface area contributed by atoms with Crippen molar-refractivity contribution in [3.05, 3.63) is 80.9 Å². The third-order valence-electron chi connectivity index (χ3n) is 6.20. The average Bonchev–Trinajstić information content (AvgIpc) is 3.65. The monoisotopic (exact) mass is 522 g/mol. The summed E-state index contributed by atoms with van der Waals surface area (Å²) in [6.07, 6.45) is 8.26. The molecule has 0 spiro atoms. The van der Waals surface area contributed by atoms with Gasteiger partial charge in [0.05, 0.1) is 6.61 Å². The highest BCUT2D eigenvalue weighted by Gasteiger charge is 2.25. The summed E-state index contributed by atoms with van der Waals surface area (Å²) >= 11 is 7.43. The van der Waals surface area contributed by atoms with Crippen molar-refractivity contribution >= 4 is 56.5 Å². The Bertz CT molecular complexity index is 1250. The zero-order valence-electron chi connectivity index (χ0n) is 19.7. The molecule has 176 valence electrons. The van der Waals surface area contributed by atoms with Crippen LogP contribution in [0.4, 0.5) is 0 Å². The lowest BCUT2D eigenvalue weighted by atomic mass is 9.86. The summed E-state index contributed by atoms with van der Waals surface area (Å²) in [6.45, 7) is 5.42. The molecule has 0 aromatic carbocycles. The second kappa shape index (κ2) is 11.2. The van der Waals surface area contributed by atoms with Crippen LogP contribution in [0, 0.1) is 5.92 Å². The van der Waals surface area contributed by atoms with E-state index < -0.39 is 0 Å². The Labute approximate surface area is 219 Å². The van der Waals surface area contributed by atoms with Gasteiger partial charge in [0.2, 0.25) is 0 Å². The Balaban J connectivity index is 1.46. The van der Waals surface area contributed by atoms with E-state index in [1.54, 1.807) is 0 Å². The van der Waals surface area contributed by atoms with Gasteiger partial charge in [-0.05, 0) is 77.6 Å². The predicted octanol–water partition coefficient (Wildman–Crippen LogP) is 10.7. The van der Waals surface area contributed by atoms with Gasteiger partial charge in [0.15, 0.2) is 0 Å². The highest BCUT2D eigenvalue weighted by Crippen LogP contribution is 2.45. The van der Waals surface area contributed by atoms with Crippen LogP contribution in [0.2, 0.25) is 0 Å². The minimum Gasteiger partial charge on any atom is -0.493 e. The van der Waals surface area contributed by atoms with Crippen molar-refractivity contribution in [1.29, 1.82) is 0 Å². The standard InChI is InChI=1S/C29H30OS4/c1-3-4-5-6-15-30-23-19-21(24-11-13-28(33-24)26-9-7-16-31-26)20(2)18-22(23)25-12-14-29(34-25)27-10-8-17-32-27/h7-14,16-17,19-20H,3-6,15,18H2,1-2H3. The molecule has 1 nitrogen and oxygen atoms in total. The van der Waals surface area contributed by atoms with Gasteiger partial charge in [0, 0.05) is 34.8 Å². The van der Waals surface area contributed by atoms with Crippen LogP contribution in [-0.4, -0.2) is 6.61 Å². The van der Waals surface area contributed by atoms with E-state index in [9.17, 15) is 0 Å². The van der Waals surface area contributed by atoms with Crippen LogP contribution >= 0.6 is 45.3 Å². The van der Waals surface area contributed by atoms with E-state index in [4.69, 9.17) is 4.74 Å². The number of rotatable bonds is 10. The fourth-order valence-corrected chi connectivity index (χ4v) is 8.23. The molecule has 0 saturated carbocycles. The maximum Gasteiger partial charge on any atom is 0.124 e. The molecule has 34 heavy (non-hydrogen) atoms. The van der Waals surface area contributed by atoms with Gasteiger partial charge in [0.25, 0.3) is 0 Å². The SMILES string of the molecule is CCCCCCOC1=C(c2ccc(-c3cccs3)s2)CC(C)C(c2ccc(-c3cccs3)s2)=C1. The smallest absolute Gasteiger partial charge is 0.124 e. The first-order valence-corrected chi connectivity index (χ1v) is 15.5. The summed E-state index contributed by atoms with van der Waals surface area (Å²) in [5.74, 6) is 1.54. The first kappa shape index (κ1) is 23.8. The molecule has 1 atom stereocenters. The lowest BCUT2D eigenvalue weighted by Gasteiger charge is -2.25. The maximum atomic E-state index is 6.49. The van der Waals surface area contributed by atoms with Crippen molar-refractivity contribution in [2.45, 2.75) is 46.0 Å². The number of ether oxygens (including phenoxy) is 1.